The van der Waals surface area contributed by atoms with Crippen molar-refractivity contribution in [2.45, 2.75) is 16.3 Å². The molecule has 0 saturated heterocycles. The van der Waals surface area contributed by atoms with Crippen molar-refractivity contribution in [3.63, 3.8) is 0 Å². The minimum absolute atomic E-state index is 0.0488. The van der Waals surface area contributed by atoms with E-state index in [1.807, 2.05) is 24.3 Å². The predicted molar refractivity (Wildman–Crippen MR) is 115 cm³/mol. The molecular formula is C19H15N3O6S3. The maximum absolute atomic E-state index is 11.8. The standard InChI is InChI=1S/C19H15N3O6S3/c20-10-11-7-15-18(29-17-4-2-1-3-13(17)21-15)9-14(11)22-16-8-12(30(23,24)25)5-6-19(16)31(26,27)28/h1-9H,10,20H2,(H,23,24,25)(H,26,27,28)/b22-14+. The number of benzene rings is 3. The van der Waals surface area contributed by atoms with Gasteiger partial charge in [-0.2, -0.15) is 16.8 Å². The van der Waals surface area contributed by atoms with Crippen LogP contribution in [0.15, 0.2) is 69.4 Å². The summed E-state index contributed by atoms with van der Waals surface area (Å²) in [5, 5.41) is 0.278. The van der Waals surface area contributed by atoms with Crippen LogP contribution in [0.2, 0.25) is 0 Å². The van der Waals surface area contributed by atoms with Crippen molar-refractivity contribution in [1.29, 1.82) is 0 Å². The number of fused-ring (bicyclic) bond motifs is 2. The SMILES string of the molecule is NCc1cc2nc3ccccc3sc-2c/c1=N\c1cc(S(=O)(=O)O)ccc1S(=O)(=O)O. The third-order valence-corrected chi connectivity index (χ3v) is 7.32. The number of nitrogens with zero attached hydrogens (tertiary/aromatic N) is 2. The lowest BCUT2D eigenvalue weighted by molar-refractivity contribution is 0.478. The van der Waals surface area contributed by atoms with Crippen molar-refractivity contribution in [1.82, 2.24) is 4.98 Å². The van der Waals surface area contributed by atoms with Crippen LogP contribution in [0.4, 0.5) is 5.69 Å². The molecule has 1 aliphatic heterocycles. The van der Waals surface area contributed by atoms with Crippen molar-refractivity contribution in [2.75, 3.05) is 0 Å². The van der Waals surface area contributed by atoms with E-state index in [1.165, 1.54) is 11.3 Å². The Morgan fingerprint density at radius 2 is 1.71 bits per heavy atom. The molecule has 2 aliphatic rings. The average Bonchev–Trinajstić information content (AvgIpc) is 2.70. The molecule has 9 nitrogen and oxygen atoms in total. The molecule has 1 heterocycles. The van der Waals surface area contributed by atoms with Gasteiger partial charge < -0.3 is 5.73 Å². The number of hydrogen-bond acceptors (Lipinski definition) is 8. The predicted octanol–water partition coefficient (Wildman–Crippen LogP) is 2.59. The summed E-state index contributed by atoms with van der Waals surface area (Å²) in [6.07, 6.45) is 0. The molecule has 4 N–H and O–H groups in total. The lowest BCUT2D eigenvalue weighted by Crippen LogP contribution is -2.15. The molecule has 0 atom stereocenters. The maximum atomic E-state index is 11.8. The molecule has 0 aromatic heterocycles. The summed E-state index contributed by atoms with van der Waals surface area (Å²) >= 11 is 1.45. The molecule has 2 aromatic carbocycles. The second kappa shape index (κ2) is 7.75. The topological polar surface area (TPSA) is 160 Å². The van der Waals surface area contributed by atoms with Gasteiger partial charge in [-0.25, -0.2) is 9.98 Å². The fourth-order valence-electron chi connectivity index (χ4n) is 3.01. The summed E-state index contributed by atoms with van der Waals surface area (Å²) in [5.74, 6) is 0. The molecule has 2 aromatic rings. The molecule has 0 fully saturated rings. The fraction of sp³-hybridized carbons (Fsp3) is 0.0526. The zero-order valence-electron chi connectivity index (χ0n) is 15.6. The van der Waals surface area contributed by atoms with Gasteiger partial charge in [-0.15, -0.1) is 11.3 Å². The Morgan fingerprint density at radius 3 is 2.39 bits per heavy atom. The summed E-state index contributed by atoms with van der Waals surface area (Å²) in [5.41, 5.74) is 7.49. The highest BCUT2D eigenvalue weighted by molar-refractivity contribution is 7.86. The van der Waals surface area contributed by atoms with Crippen LogP contribution in [-0.2, 0) is 26.8 Å². The Morgan fingerprint density at radius 1 is 0.968 bits per heavy atom. The monoisotopic (exact) mass is 477 g/mol. The number of aromatic nitrogens is 1. The number of rotatable bonds is 4. The van der Waals surface area contributed by atoms with Crippen LogP contribution < -0.4 is 11.1 Å². The van der Waals surface area contributed by atoms with Gasteiger partial charge in [0.2, 0.25) is 0 Å². The molecule has 4 rings (SSSR count). The Bertz CT molecular complexity index is 1580. The van der Waals surface area contributed by atoms with Gasteiger partial charge >= 0.3 is 0 Å². The molecule has 12 heteroatoms. The minimum Gasteiger partial charge on any atom is -0.326 e. The third kappa shape index (κ3) is 4.35. The molecule has 160 valence electrons. The van der Waals surface area contributed by atoms with Crippen LogP contribution in [0.5, 0.6) is 0 Å². The first kappa shape index (κ1) is 21.5. The first-order valence-corrected chi connectivity index (χ1v) is 12.4. The van der Waals surface area contributed by atoms with E-state index in [-0.39, 0.29) is 17.6 Å². The highest BCUT2D eigenvalue weighted by Gasteiger charge is 2.20. The summed E-state index contributed by atoms with van der Waals surface area (Å²) in [7, 11) is -9.34. The Hall–Kier alpha value is -2.74. The van der Waals surface area contributed by atoms with Crippen LogP contribution in [0.3, 0.4) is 0 Å². The lowest BCUT2D eigenvalue weighted by atomic mass is 10.1. The van der Waals surface area contributed by atoms with Crippen molar-refractivity contribution in [3.8, 4) is 10.6 Å². The van der Waals surface area contributed by atoms with E-state index in [9.17, 15) is 25.9 Å². The van der Waals surface area contributed by atoms with Crippen LogP contribution in [0.1, 0.15) is 5.56 Å². The second-order valence-corrected chi connectivity index (χ2v) is 10.4. The zero-order chi connectivity index (χ0) is 22.4. The fourth-order valence-corrected chi connectivity index (χ4v) is 5.11. The third-order valence-electron chi connectivity index (χ3n) is 4.45. The summed E-state index contributed by atoms with van der Waals surface area (Å²) in [6.45, 7) is 0.0488. The van der Waals surface area contributed by atoms with Crippen LogP contribution in [-0.4, -0.2) is 30.9 Å². The van der Waals surface area contributed by atoms with Crippen molar-refractivity contribution < 1.29 is 25.9 Å². The van der Waals surface area contributed by atoms with Crippen molar-refractivity contribution in [2.24, 2.45) is 10.7 Å². The Kier molecular flexibility index (Phi) is 5.37. The summed E-state index contributed by atoms with van der Waals surface area (Å²) in [4.78, 5) is 8.44. The average molecular weight is 478 g/mol. The molecular weight excluding hydrogens is 462 g/mol. The number of hydrogen-bond donors (Lipinski definition) is 3. The van der Waals surface area contributed by atoms with Crippen LogP contribution in [0.25, 0.3) is 20.8 Å². The van der Waals surface area contributed by atoms with E-state index >= 15 is 0 Å². The highest BCUT2D eigenvalue weighted by atomic mass is 32.2. The second-order valence-electron chi connectivity index (χ2n) is 6.53. The van der Waals surface area contributed by atoms with Crippen molar-refractivity contribution >= 4 is 47.5 Å². The van der Waals surface area contributed by atoms with Gasteiger partial charge in [0.05, 0.1) is 36.7 Å². The van der Waals surface area contributed by atoms with E-state index in [4.69, 9.17) is 5.73 Å². The van der Waals surface area contributed by atoms with Gasteiger partial charge in [0.25, 0.3) is 20.2 Å². The Balaban J connectivity index is 2.05. The highest BCUT2D eigenvalue weighted by Crippen LogP contribution is 2.31. The van der Waals surface area contributed by atoms with Gasteiger partial charge in [-0.05, 0) is 48.0 Å². The summed E-state index contributed by atoms with van der Waals surface area (Å²) < 4.78 is 66.3. The molecule has 0 unspecified atom stereocenters. The first-order valence-electron chi connectivity index (χ1n) is 8.72. The number of para-hydroxylation sites is 1. The van der Waals surface area contributed by atoms with Crippen LogP contribution in [0, 0.1) is 0 Å². The van der Waals surface area contributed by atoms with Gasteiger partial charge in [0, 0.05) is 6.54 Å². The summed E-state index contributed by atoms with van der Waals surface area (Å²) in [6, 6.07) is 13.5. The quantitative estimate of drug-likeness (QED) is 0.299. The van der Waals surface area contributed by atoms with Crippen LogP contribution >= 0.6 is 11.3 Å². The molecule has 31 heavy (non-hydrogen) atoms. The minimum atomic E-state index is -4.72. The van der Waals surface area contributed by atoms with E-state index in [1.54, 1.807) is 12.1 Å². The smallest absolute Gasteiger partial charge is 0.296 e. The van der Waals surface area contributed by atoms with Gasteiger partial charge in [0.15, 0.2) is 0 Å². The van der Waals surface area contributed by atoms with E-state index in [0.29, 0.717) is 11.3 Å². The molecule has 0 amide bonds. The lowest BCUT2D eigenvalue weighted by Gasteiger charge is -2.10. The van der Waals surface area contributed by atoms with Crippen molar-refractivity contribution in [3.05, 3.63) is 65.5 Å². The molecule has 0 saturated carbocycles. The Labute approximate surface area is 181 Å². The normalized spacial score (nSPS) is 13.2. The molecule has 0 radical (unpaired) electrons. The van der Waals surface area contributed by atoms with E-state index in [0.717, 1.165) is 33.3 Å². The van der Waals surface area contributed by atoms with Gasteiger partial charge in [-0.3, -0.25) is 9.11 Å². The number of nitrogens with two attached hydrogens (primary N) is 1. The zero-order valence-corrected chi connectivity index (χ0v) is 18.1. The first-order chi connectivity index (χ1) is 14.6. The van der Waals surface area contributed by atoms with E-state index < -0.39 is 30.0 Å². The largest absolute Gasteiger partial charge is 0.326 e. The maximum Gasteiger partial charge on any atom is 0.296 e. The molecule has 1 aliphatic carbocycles. The molecule has 0 bridgehead atoms. The van der Waals surface area contributed by atoms with Gasteiger partial charge in [-0.1, -0.05) is 12.1 Å². The molecule has 0 spiro atoms. The van der Waals surface area contributed by atoms with E-state index in [2.05, 4.69) is 9.98 Å². The van der Waals surface area contributed by atoms with Gasteiger partial charge in [0.1, 0.15) is 4.90 Å².